The molecular weight excluding hydrogens is 244 g/mol. The van der Waals surface area contributed by atoms with E-state index in [1.807, 2.05) is 32.8 Å². The molecular formula is C13H24N4O2. The third-order valence-corrected chi connectivity index (χ3v) is 2.92. The molecule has 1 rings (SSSR count). The molecule has 1 aromatic rings. The molecule has 1 heterocycles. The van der Waals surface area contributed by atoms with Gasteiger partial charge in [0.2, 0.25) is 0 Å². The van der Waals surface area contributed by atoms with Crippen molar-refractivity contribution in [3.8, 4) is 0 Å². The number of rotatable bonds is 7. The fourth-order valence-electron chi connectivity index (χ4n) is 1.97. The second kappa shape index (κ2) is 7.25. The lowest BCUT2D eigenvalue weighted by atomic mass is 10.2. The topological polar surface area (TPSA) is 70.5 Å². The largest absolute Gasteiger partial charge is 0.389 e. The summed E-state index contributed by atoms with van der Waals surface area (Å²) in [5.41, 5.74) is 0.979. The van der Waals surface area contributed by atoms with E-state index in [4.69, 9.17) is 4.74 Å². The molecule has 6 nitrogen and oxygen atoms in total. The van der Waals surface area contributed by atoms with E-state index in [0.29, 0.717) is 13.2 Å². The molecule has 108 valence electrons. The maximum Gasteiger partial charge on any atom is 0.137 e. The fraction of sp³-hybridized carbons (Fsp3) is 0.692. The van der Waals surface area contributed by atoms with E-state index in [1.165, 1.54) is 0 Å². The van der Waals surface area contributed by atoms with Gasteiger partial charge in [-0.25, -0.2) is 9.97 Å². The zero-order valence-corrected chi connectivity index (χ0v) is 12.4. The Labute approximate surface area is 114 Å². The predicted molar refractivity (Wildman–Crippen MR) is 76.8 cm³/mol. The van der Waals surface area contributed by atoms with Crippen molar-refractivity contribution in [2.75, 3.05) is 44.6 Å². The summed E-state index contributed by atoms with van der Waals surface area (Å²) in [6.07, 6.45) is 0.239. The number of aliphatic hydroxyl groups is 1. The van der Waals surface area contributed by atoms with Gasteiger partial charge in [0, 0.05) is 39.7 Å². The van der Waals surface area contributed by atoms with Gasteiger partial charge in [-0.1, -0.05) is 6.92 Å². The minimum atomic E-state index is -0.535. The van der Waals surface area contributed by atoms with Crippen molar-refractivity contribution in [3.05, 3.63) is 11.4 Å². The summed E-state index contributed by atoms with van der Waals surface area (Å²) < 4.78 is 4.94. The summed E-state index contributed by atoms with van der Waals surface area (Å²) in [7, 11) is 5.33. The first kappa shape index (κ1) is 15.7. The van der Waals surface area contributed by atoms with E-state index in [9.17, 15) is 5.11 Å². The maximum absolute atomic E-state index is 9.80. The number of likely N-dealkylation sites (N-methyl/N-ethyl adjacent to an activating group) is 1. The van der Waals surface area contributed by atoms with Crippen LogP contribution in [0.4, 0.5) is 11.6 Å². The van der Waals surface area contributed by atoms with Crippen LogP contribution in [0.15, 0.2) is 0 Å². The van der Waals surface area contributed by atoms with Gasteiger partial charge in [-0.15, -0.1) is 0 Å². The molecule has 0 amide bonds. The Morgan fingerprint density at radius 1 is 1.42 bits per heavy atom. The minimum absolute atomic E-state index is 0.313. The molecule has 0 aliphatic carbocycles. The van der Waals surface area contributed by atoms with Gasteiger partial charge in [-0.3, -0.25) is 0 Å². The van der Waals surface area contributed by atoms with E-state index in [0.717, 1.165) is 29.4 Å². The Morgan fingerprint density at radius 3 is 2.63 bits per heavy atom. The SMILES string of the molecule is CCc1nc(NC)c(C)c(N(C)CC(O)COC)n1. The highest BCUT2D eigenvalue weighted by atomic mass is 16.5. The Kier molecular flexibility index (Phi) is 5.98. The first-order valence-electron chi connectivity index (χ1n) is 6.46. The number of ether oxygens (including phenoxy) is 1. The summed E-state index contributed by atoms with van der Waals surface area (Å²) in [6.45, 7) is 4.78. The number of aryl methyl sites for hydroxylation is 1. The average Bonchev–Trinajstić information content (AvgIpc) is 2.39. The first-order chi connectivity index (χ1) is 9.03. The van der Waals surface area contributed by atoms with Gasteiger partial charge >= 0.3 is 0 Å². The molecule has 0 spiro atoms. The number of anilines is 2. The van der Waals surface area contributed by atoms with Gasteiger partial charge < -0.3 is 20.1 Å². The van der Waals surface area contributed by atoms with Crippen molar-refractivity contribution in [1.82, 2.24) is 9.97 Å². The fourth-order valence-corrected chi connectivity index (χ4v) is 1.97. The predicted octanol–water partition coefficient (Wildman–Crippen LogP) is 0.833. The van der Waals surface area contributed by atoms with Gasteiger partial charge in [0.25, 0.3) is 0 Å². The van der Waals surface area contributed by atoms with E-state index in [-0.39, 0.29) is 0 Å². The number of methoxy groups -OCH3 is 1. The number of hydrogen-bond donors (Lipinski definition) is 2. The normalized spacial score (nSPS) is 12.3. The van der Waals surface area contributed by atoms with E-state index in [1.54, 1.807) is 7.11 Å². The Hall–Kier alpha value is -1.40. The highest BCUT2D eigenvalue weighted by Gasteiger charge is 2.15. The van der Waals surface area contributed by atoms with Crippen LogP contribution in [-0.4, -0.2) is 55.5 Å². The van der Waals surface area contributed by atoms with Crippen molar-refractivity contribution in [3.63, 3.8) is 0 Å². The summed E-state index contributed by atoms with van der Waals surface area (Å²) in [5.74, 6) is 2.46. The first-order valence-corrected chi connectivity index (χ1v) is 6.46. The van der Waals surface area contributed by atoms with Crippen LogP contribution < -0.4 is 10.2 Å². The summed E-state index contributed by atoms with van der Waals surface area (Å²) in [6, 6.07) is 0. The van der Waals surface area contributed by atoms with Crippen LogP contribution in [0.1, 0.15) is 18.3 Å². The number of hydrogen-bond acceptors (Lipinski definition) is 6. The third-order valence-electron chi connectivity index (χ3n) is 2.92. The highest BCUT2D eigenvalue weighted by molar-refractivity contribution is 5.58. The van der Waals surface area contributed by atoms with Crippen molar-refractivity contribution in [1.29, 1.82) is 0 Å². The number of nitrogens with one attached hydrogen (secondary N) is 1. The molecule has 1 unspecified atom stereocenters. The van der Waals surface area contributed by atoms with Crippen LogP contribution in [0.5, 0.6) is 0 Å². The quantitative estimate of drug-likeness (QED) is 0.763. The minimum Gasteiger partial charge on any atom is -0.389 e. The van der Waals surface area contributed by atoms with Crippen LogP contribution in [0.2, 0.25) is 0 Å². The lowest BCUT2D eigenvalue weighted by molar-refractivity contribution is 0.0694. The molecule has 0 fully saturated rings. The van der Waals surface area contributed by atoms with Crippen LogP contribution in [0, 0.1) is 6.92 Å². The van der Waals surface area contributed by atoms with Crippen molar-refractivity contribution in [2.24, 2.45) is 0 Å². The molecule has 2 N–H and O–H groups in total. The van der Waals surface area contributed by atoms with E-state index >= 15 is 0 Å². The average molecular weight is 268 g/mol. The molecule has 0 bridgehead atoms. The molecule has 19 heavy (non-hydrogen) atoms. The zero-order valence-electron chi connectivity index (χ0n) is 12.4. The van der Waals surface area contributed by atoms with Gasteiger partial charge in [-0.05, 0) is 6.92 Å². The summed E-state index contributed by atoms with van der Waals surface area (Å²) in [5, 5.41) is 12.9. The Bertz CT molecular complexity index is 412. The Morgan fingerprint density at radius 2 is 2.11 bits per heavy atom. The third kappa shape index (κ3) is 4.04. The summed E-state index contributed by atoms with van der Waals surface area (Å²) >= 11 is 0. The maximum atomic E-state index is 9.80. The van der Waals surface area contributed by atoms with Crippen molar-refractivity contribution < 1.29 is 9.84 Å². The molecule has 0 saturated heterocycles. The van der Waals surface area contributed by atoms with Gasteiger partial charge in [0.15, 0.2) is 0 Å². The van der Waals surface area contributed by atoms with Crippen LogP contribution in [-0.2, 0) is 11.2 Å². The van der Waals surface area contributed by atoms with Crippen molar-refractivity contribution >= 4 is 11.6 Å². The van der Waals surface area contributed by atoms with Crippen LogP contribution in [0.25, 0.3) is 0 Å². The van der Waals surface area contributed by atoms with Gasteiger partial charge in [0.05, 0.1) is 12.7 Å². The second-order valence-electron chi connectivity index (χ2n) is 4.53. The van der Waals surface area contributed by atoms with E-state index < -0.39 is 6.10 Å². The number of aromatic nitrogens is 2. The molecule has 0 radical (unpaired) electrons. The number of aliphatic hydroxyl groups excluding tert-OH is 1. The van der Waals surface area contributed by atoms with Crippen LogP contribution >= 0.6 is 0 Å². The molecule has 0 aromatic carbocycles. The van der Waals surface area contributed by atoms with E-state index in [2.05, 4.69) is 15.3 Å². The molecule has 0 saturated carbocycles. The Balaban J connectivity index is 2.97. The second-order valence-corrected chi connectivity index (χ2v) is 4.53. The van der Waals surface area contributed by atoms with Gasteiger partial charge in [-0.2, -0.15) is 0 Å². The number of nitrogens with zero attached hydrogens (tertiary/aromatic N) is 3. The molecule has 0 aliphatic rings. The lowest BCUT2D eigenvalue weighted by Gasteiger charge is -2.24. The van der Waals surface area contributed by atoms with Gasteiger partial charge in [0.1, 0.15) is 17.5 Å². The van der Waals surface area contributed by atoms with Crippen LogP contribution in [0.3, 0.4) is 0 Å². The summed E-state index contributed by atoms with van der Waals surface area (Å²) in [4.78, 5) is 10.9. The molecule has 6 heteroatoms. The zero-order chi connectivity index (χ0) is 14.4. The molecule has 0 aliphatic heterocycles. The van der Waals surface area contributed by atoms with Crippen molar-refractivity contribution in [2.45, 2.75) is 26.4 Å². The lowest BCUT2D eigenvalue weighted by Crippen LogP contribution is -2.33. The smallest absolute Gasteiger partial charge is 0.137 e. The highest BCUT2D eigenvalue weighted by Crippen LogP contribution is 2.22. The standard InChI is InChI=1S/C13H24N4O2/c1-6-11-15-12(14-3)9(2)13(16-11)17(4)7-10(18)8-19-5/h10,18H,6-8H2,1-5H3,(H,14,15,16). The monoisotopic (exact) mass is 268 g/mol. The molecule has 1 aromatic heterocycles. The molecule has 1 atom stereocenters.